The van der Waals surface area contributed by atoms with Crippen LogP contribution in [0.1, 0.15) is 27.2 Å². The van der Waals surface area contributed by atoms with E-state index in [0.717, 1.165) is 10.8 Å². The summed E-state index contributed by atoms with van der Waals surface area (Å²) in [6.45, 7) is 4.98. The molecule has 1 unspecified atom stereocenters. The van der Waals surface area contributed by atoms with Crippen molar-refractivity contribution in [1.82, 2.24) is 0 Å². The Morgan fingerprint density at radius 1 is 1.30 bits per heavy atom. The van der Waals surface area contributed by atoms with Crippen molar-refractivity contribution in [2.75, 3.05) is 11.5 Å². The van der Waals surface area contributed by atoms with Crippen LogP contribution in [0.15, 0.2) is 4.99 Å². The molecule has 0 amide bonds. The van der Waals surface area contributed by atoms with Crippen molar-refractivity contribution in [2.45, 2.75) is 38.8 Å². The van der Waals surface area contributed by atoms with E-state index in [2.05, 4.69) is 4.99 Å². The zero-order valence-electron chi connectivity index (χ0n) is 11.5. The van der Waals surface area contributed by atoms with Gasteiger partial charge >= 0.3 is 11.9 Å². The SMILES string of the molecule is CC(C)(C)OC([O-])=NC(CSSCCC(=O)O)C(=O)O. The molecule has 0 saturated heterocycles. The highest BCUT2D eigenvalue weighted by atomic mass is 33.1. The predicted molar refractivity (Wildman–Crippen MR) is 76.9 cm³/mol. The maximum absolute atomic E-state index is 11.4. The van der Waals surface area contributed by atoms with Gasteiger partial charge in [-0.05, 0) is 0 Å². The van der Waals surface area contributed by atoms with Crippen LogP contribution in [0.3, 0.4) is 0 Å². The Morgan fingerprint density at radius 3 is 2.35 bits per heavy atom. The number of hydrogen-bond acceptors (Lipinski definition) is 7. The minimum atomic E-state index is -1.22. The van der Waals surface area contributed by atoms with Crippen molar-refractivity contribution >= 4 is 39.6 Å². The first-order valence-corrected chi connectivity index (χ1v) is 8.23. The molecule has 9 heteroatoms. The van der Waals surface area contributed by atoms with E-state index < -0.39 is 29.7 Å². The highest BCUT2D eigenvalue weighted by Gasteiger charge is 2.17. The Labute approximate surface area is 125 Å². The predicted octanol–water partition coefficient (Wildman–Crippen LogP) is 0.827. The molecule has 0 fully saturated rings. The quantitative estimate of drug-likeness (QED) is 0.291. The maximum Gasteiger partial charge on any atom is 0.329 e. The lowest BCUT2D eigenvalue weighted by Gasteiger charge is -2.29. The molecule has 0 rings (SSSR count). The monoisotopic (exact) mass is 324 g/mol. The van der Waals surface area contributed by atoms with E-state index in [-0.39, 0.29) is 12.2 Å². The molecule has 0 saturated carbocycles. The van der Waals surface area contributed by atoms with Gasteiger partial charge in [-0.2, -0.15) is 0 Å². The molecule has 0 aromatic rings. The average molecular weight is 324 g/mol. The summed E-state index contributed by atoms with van der Waals surface area (Å²) in [5.74, 6) is -1.70. The molecular formula is C11H18NO6S2-. The number of ether oxygens (including phenoxy) is 1. The number of carbonyl (C=O) groups is 2. The maximum atomic E-state index is 11.4. The first kappa shape index (κ1) is 18.9. The van der Waals surface area contributed by atoms with Crippen LogP contribution in [-0.4, -0.2) is 51.4 Å². The van der Waals surface area contributed by atoms with E-state index in [9.17, 15) is 14.7 Å². The largest absolute Gasteiger partial charge is 0.595 e. The van der Waals surface area contributed by atoms with Gasteiger partial charge in [0.25, 0.3) is 0 Å². The summed E-state index contributed by atoms with van der Waals surface area (Å²) in [5.41, 5.74) is -0.729. The standard InChI is InChI=1S/C11H19NO6S2/c1-11(2,3)18-10(17)12-7(9(15)16)6-20-19-5-4-8(13)14/h7H,4-6H2,1-3H3,(H,12,17)(H,13,14)(H,15,16)/p-1. The Kier molecular flexibility index (Phi) is 8.47. The molecule has 0 aromatic carbocycles. The molecule has 0 aliphatic carbocycles. The smallest absolute Gasteiger partial charge is 0.329 e. The molecular weight excluding hydrogens is 306 g/mol. The second kappa shape index (κ2) is 8.96. The molecule has 20 heavy (non-hydrogen) atoms. The number of hydrogen-bond donors (Lipinski definition) is 2. The van der Waals surface area contributed by atoms with Gasteiger partial charge in [-0.1, -0.05) is 42.4 Å². The molecule has 0 heterocycles. The number of rotatable bonds is 8. The van der Waals surface area contributed by atoms with Gasteiger partial charge in [0.15, 0.2) is 6.04 Å². The summed E-state index contributed by atoms with van der Waals surface area (Å²) in [7, 11) is 2.39. The van der Waals surface area contributed by atoms with Gasteiger partial charge in [0.05, 0.1) is 6.42 Å². The highest BCUT2D eigenvalue weighted by molar-refractivity contribution is 8.76. The van der Waals surface area contributed by atoms with Gasteiger partial charge in [-0.25, -0.2) is 4.79 Å². The van der Waals surface area contributed by atoms with E-state index in [1.165, 1.54) is 10.8 Å². The van der Waals surface area contributed by atoms with Gasteiger partial charge in [-0.3, -0.25) is 9.79 Å². The summed E-state index contributed by atoms with van der Waals surface area (Å²) in [6, 6.07) is -1.20. The molecule has 0 bridgehead atoms. The Morgan fingerprint density at radius 2 is 1.90 bits per heavy atom. The normalized spacial score (nSPS) is 13.8. The van der Waals surface area contributed by atoms with Crippen molar-refractivity contribution in [3.05, 3.63) is 0 Å². The van der Waals surface area contributed by atoms with E-state index in [4.69, 9.17) is 14.9 Å². The van der Waals surface area contributed by atoms with Crippen LogP contribution in [0, 0.1) is 0 Å². The second-order valence-corrected chi connectivity index (χ2v) is 7.34. The lowest BCUT2D eigenvalue weighted by molar-refractivity contribution is -0.261. The molecule has 116 valence electrons. The molecule has 0 radical (unpaired) electrons. The van der Waals surface area contributed by atoms with Crippen LogP contribution < -0.4 is 5.11 Å². The first-order chi connectivity index (χ1) is 9.11. The Hall–Kier alpha value is -1.09. The second-order valence-electron chi connectivity index (χ2n) is 4.71. The van der Waals surface area contributed by atoms with E-state index >= 15 is 0 Å². The van der Waals surface area contributed by atoms with Crippen molar-refractivity contribution in [1.29, 1.82) is 0 Å². The van der Waals surface area contributed by atoms with Crippen LogP contribution in [0.25, 0.3) is 0 Å². The number of nitrogens with zero attached hydrogens (tertiary/aromatic N) is 1. The third-order valence-corrected chi connectivity index (χ3v) is 4.05. The molecule has 7 nitrogen and oxygen atoms in total. The third kappa shape index (κ3) is 10.8. The summed E-state index contributed by atoms with van der Waals surface area (Å²) >= 11 is 0. The zero-order chi connectivity index (χ0) is 15.8. The fourth-order valence-corrected chi connectivity index (χ4v) is 2.98. The molecule has 2 N–H and O–H groups in total. The van der Waals surface area contributed by atoms with Gasteiger partial charge < -0.3 is 20.1 Å². The average Bonchev–Trinajstić information content (AvgIpc) is 2.23. The zero-order valence-corrected chi connectivity index (χ0v) is 13.1. The van der Waals surface area contributed by atoms with E-state index in [1.54, 1.807) is 20.8 Å². The third-order valence-electron chi connectivity index (χ3n) is 1.65. The molecule has 0 aliphatic heterocycles. The highest BCUT2D eigenvalue weighted by Crippen LogP contribution is 2.23. The lowest BCUT2D eigenvalue weighted by Crippen LogP contribution is -2.34. The van der Waals surface area contributed by atoms with Crippen LogP contribution in [0.5, 0.6) is 0 Å². The van der Waals surface area contributed by atoms with E-state index in [0.29, 0.717) is 5.75 Å². The van der Waals surface area contributed by atoms with Crippen molar-refractivity contribution in [2.24, 2.45) is 4.99 Å². The minimum absolute atomic E-state index is 0.00138. The minimum Gasteiger partial charge on any atom is -0.595 e. The molecule has 1 atom stereocenters. The van der Waals surface area contributed by atoms with Crippen LogP contribution in [-0.2, 0) is 14.3 Å². The van der Waals surface area contributed by atoms with Crippen LogP contribution in [0.2, 0.25) is 0 Å². The summed E-state index contributed by atoms with van der Waals surface area (Å²) < 4.78 is 4.91. The summed E-state index contributed by atoms with van der Waals surface area (Å²) in [6.07, 6.45) is -0.917. The van der Waals surface area contributed by atoms with Gasteiger partial charge in [0.2, 0.25) is 0 Å². The fraction of sp³-hybridized carbons (Fsp3) is 0.727. The lowest BCUT2D eigenvalue weighted by atomic mass is 10.2. The Bertz CT molecular complexity index is 366. The topological polar surface area (TPSA) is 119 Å². The van der Waals surface area contributed by atoms with Crippen LogP contribution in [0.4, 0.5) is 0 Å². The number of carboxylic acids is 2. The molecule has 0 spiro atoms. The number of carboxylic acid groups (broad SMARTS) is 2. The van der Waals surface area contributed by atoms with Crippen molar-refractivity contribution < 1.29 is 29.6 Å². The number of aliphatic imine (C=N–C) groups is 1. The van der Waals surface area contributed by atoms with Gasteiger partial charge in [0.1, 0.15) is 6.08 Å². The Balaban J connectivity index is 4.27. The summed E-state index contributed by atoms with van der Waals surface area (Å²) in [4.78, 5) is 24.7. The molecule has 0 aliphatic rings. The number of aliphatic carboxylic acids is 2. The first-order valence-electron chi connectivity index (χ1n) is 5.74. The van der Waals surface area contributed by atoms with Crippen molar-refractivity contribution in [3.8, 4) is 0 Å². The van der Waals surface area contributed by atoms with Crippen molar-refractivity contribution in [3.63, 3.8) is 0 Å². The molecule has 0 aromatic heterocycles. The fourth-order valence-electron chi connectivity index (χ4n) is 0.880. The van der Waals surface area contributed by atoms with Gasteiger partial charge in [0, 0.05) is 17.1 Å². The summed E-state index contributed by atoms with van der Waals surface area (Å²) in [5, 5.41) is 28.8. The van der Waals surface area contributed by atoms with E-state index in [1.807, 2.05) is 0 Å². The van der Waals surface area contributed by atoms with Crippen LogP contribution >= 0.6 is 21.6 Å². The van der Waals surface area contributed by atoms with Gasteiger partial charge in [-0.15, -0.1) is 0 Å².